The number of aliphatic hydroxyl groups is 1. The van der Waals surface area contributed by atoms with Crippen molar-refractivity contribution in [2.24, 2.45) is 0 Å². The molecule has 0 spiro atoms. The average molecular weight is 364 g/mol. The minimum absolute atomic E-state index is 0.0841. The molecule has 3 rings (SSSR count). The van der Waals surface area contributed by atoms with Crippen LogP contribution in [0.5, 0.6) is 0 Å². The number of ketones is 1. The lowest BCUT2D eigenvalue weighted by Gasteiger charge is -2.20. The number of carbonyl (C=O) groups is 2. The van der Waals surface area contributed by atoms with Crippen LogP contribution in [0.1, 0.15) is 22.3 Å². The van der Waals surface area contributed by atoms with E-state index in [1.807, 2.05) is 0 Å². The van der Waals surface area contributed by atoms with Crippen molar-refractivity contribution in [1.82, 2.24) is 0 Å². The summed E-state index contributed by atoms with van der Waals surface area (Å²) >= 11 is 3.26. The summed E-state index contributed by atoms with van der Waals surface area (Å²) in [4.78, 5) is 24.4. The Morgan fingerprint density at radius 3 is 2.77 bits per heavy atom. The Labute approximate surface area is 134 Å². The van der Waals surface area contributed by atoms with E-state index in [0.717, 1.165) is 6.07 Å². The maximum absolute atomic E-state index is 13.4. The fourth-order valence-electron chi connectivity index (χ4n) is 2.49. The van der Waals surface area contributed by atoms with E-state index >= 15 is 0 Å². The van der Waals surface area contributed by atoms with Crippen LogP contribution in [0.15, 0.2) is 46.9 Å². The number of benzene rings is 2. The van der Waals surface area contributed by atoms with Crippen molar-refractivity contribution in [2.75, 3.05) is 5.32 Å². The molecule has 1 atom stereocenters. The van der Waals surface area contributed by atoms with Gasteiger partial charge in [0.2, 0.25) is 0 Å². The van der Waals surface area contributed by atoms with Crippen LogP contribution >= 0.6 is 15.9 Å². The van der Waals surface area contributed by atoms with Crippen LogP contribution in [0.4, 0.5) is 10.1 Å². The SMILES string of the molecule is O=C(CC1(O)C(=O)Nc2ccc(F)cc21)c1cccc(Br)c1. The van der Waals surface area contributed by atoms with Gasteiger partial charge >= 0.3 is 0 Å². The molecule has 0 aromatic heterocycles. The van der Waals surface area contributed by atoms with Crippen LogP contribution in [0.25, 0.3) is 0 Å². The molecule has 1 amide bonds. The molecule has 0 bridgehead atoms. The third-order valence-electron chi connectivity index (χ3n) is 3.61. The molecular formula is C16H11BrFNO3. The molecule has 1 aliphatic rings. The maximum Gasteiger partial charge on any atom is 0.261 e. The van der Waals surface area contributed by atoms with E-state index < -0.39 is 29.5 Å². The lowest BCUT2D eigenvalue weighted by Crippen LogP contribution is -2.36. The number of hydrogen-bond acceptors (Lipinski definition) is 3. The predicted molar refractivity (Wildman–Crippen MR) is 82.0 cm³/mol. The number of halogens is 2. The first kappa shape index (κ1) is 14.9. The number of anilines is 1. The average Bonchev–Trinajstić information content (AvgIpc) is 2.71. The zero-order chi connectivity index (χ0) is 15.9. The monoisotopic (exact) mass is 363 g/mol. The standard InChI is InChI=1S/C16H11BrFNO3/c17-10-3-1-2-9(6-10)14(20)8-16(22)12-7-11(18)4-5-13(12)19-15(16)21/h1-7,22H,8H2,(H,19,21). The van der Waals surface area contributed by atoms with Gasteiger partial charge in [-0.2, -0.15) is 0 Å². The molecule has 0 saturated heterocycles. The first-order chi connectivity index (χ1) is 10.4. The van der Waals surface area contributed by atoms with Gasteiger partial charge in [0.05, 0.1) is 6.42 Å². The summed E-state index contributed by atoms with van der Waals surface area (Å²) < 4.78 is 14.1. The lowest BCUT2D eigenvalue weighted by molar-refractivity contribution is -0.133. The summed E-state index contributed by atoms with van der Waals surface area (Å²) in [6.45, 7) is 0. The quantitative estimate of drug-likeness (QED) is 0.823. The predicted octanol–water partition coefficient (Wildman–Crippen LogP) is 3.00. The maximum atomic E-state index is 13.4. The minimum Gasteiger partial charge on any atom is -0.375 e. The van der Waals surface area contributed by atoms with Gasteiger partial charge in [0.25, 0.3) is 5.91 Å². The van der Waals surface area contributed by atoms with Crippen molar-refractivity contribution in [3.05, 3.63) is 63.9 Å². The molecule has 0 radical (unpaired) electrons. The first-order valence-electron chi connectivity index (χ1n) is 6.53. The number of hydrogen-bond donors (Lipinski definition) is 2. The molecule has 4 nitrogen and oxygen atoms in total. The minimum atomic E-state index is -2.06. The van der Waals surface area contributed by atoms with Crippen LogP contribution in [0.3, 0.4) is 0 Å². The van der Waals surface area contributed by atoms with Gasteiger partial charge in [-0.25, -0.2) is 4.39 Å². The Hall–Kier alpha value is -2.05. The summed E-state index contributed by atoms with van der Waals surface area (Å²) in [5, 5.41) is 13.1. The van der Waals surface area contributed by atoms with E-state index in [-0.39, 0.29) is 5.56 Å². The van der Waals surface area contributed by atoms with Crippen molar-refractivity contribution in [3.63, 3.8) is 0 Å². The molecule has 0 saturated carbocycles. The largest absolute Gasteiger partial charge is 0.375 e. The number of carbonyl (C=O) groups excluding carboxylic acids is 2. The molecule has 22 heavy (non-hydrogen) atoms. The zero-order valence-electron chi connectivity index (χ0n) is 11.3. The summed E-state index contributed by atoms with van der Waals surface area (Å²) in [5.41, 5.74) is -1.30. The highest BCUT2D eigenvalue weighted by Gasteiger charge is 2.47. The third-order valence-corrected chi connectivity index (χ3v) is 4.11. The third kappa shape index (κ3) is 2.44. The second-order valence-electron chi connectivity index (χ2n) is 5.11. The Balaban J connectivity index is 1.96. The number of Topliss-reactive ketones (excluding diaryl/α,β-unsaturated/α-hetero) is 1. The molecule has 2 N–H and O–H groups in total. The van der Waals surface area contributed by atoms with Crippen LogP contribution in [0, 0.1) is 5.82 Å². The molecule has 0 aliphatic carbocycles. The van der Waals surface area contributed by atoms with Crippen LogP contribution in [-0.2, 0) is 10.4 Å². The summed E-state index contributed by atoms with van der Waals surface area (Å²) in [6.07, 6.45) is -0.453. The number of amides is 1. The van der Waals surface area contributed by atoms with Gasteiger partial charge in [-0.05, 0) is 30.3 Å². The smallest absolute Gasteiger partial charge is 0.261 e. The summed E-state index contributed by atoms with van der Waals surface area (Å²) in [5.74, 6) is -1.71. The Morgan fingerprint density at radius 2 is 2.05 bits per heavy atom. The Kier molecular flexibility index (Phi) is 3.58. The number of rotatable bonds is 3. The van der Waals surface area contributed by atoms with Crippen molar-refractivity contribution >= 4 is 33.3 Å². The highest BCUT2D eigenvalue weighted by atomic mass is 79.9. The van der Waals surface area contributed by atoms with E-state index in [2.05, 4.69) is 21.2 Å². The van der Waals surface area contributed by atoms with Gasteiger partial charge in [-0.3, -0.25) is 9.59 Å². The Bertz CT molecular complexity index is 793. The molecule has 2 aromatic carbocycles. The molecule has 6 heteroatoms. The first-order valence-corrected chi connectivity index (χ1v) is 7.32. The molecule has 1 heterocycles. The van der Waals surface area contributed by atoms with Gasteiger partial charge in [-0.1, -0.05) is 28.1 Å². The summed E-state index contributed by atoms with van der Waals surface area (Å²) in [6, 6.07) is 10.3. The fraction of sp³-hybridized carbons (Fsp3) is 0.125. The molecule has 1 unspecified atom stereocenters. The van der Waals surface area contributed by atoms with Crippen molar-refractivity contribution in [1.29, 1.82) is 0 Å². The van der Waals surface area contributed by atoms with E-state index in [1.165, 1.54) is 12.1 Å². The highest BCUT2D eigenvalue weighted by molar-refractivity contribution is 9.10. The molecule has 2 aromatic rings. The van der Waals surface area contributed by atoms with Crippen LogP contribution < -0.4 is 5.32 Å². The van der Waals surface area contributed by atoms with E-state index in [9.17, 15) is 19.1 Å². The van der Waals surface area contributed by atoms with Gasteiger partial charge < -0.3 is 10.4 Å². The van der Waals surface area contributed by atoms with Gasteiger partial charge in [0.1, 0.15) is 5.82 Å². The normalized spacial score (nSPS) is 19.7. The van der Waals surface area contributed by atoms with Crippen molar-refractivity contribution in [3.8, 4) is 0 Å². The van der Waals surface area contributed by atoms with Gasteiger partial charge in [0, 0.05) is 21.3 Å². The molecule has 112 valence electrons. The fourth-order valence-corrected chi connectivity index (χ4v) is 2.89. The van der Waals surface area contributed by atoms with Crippen LogP contribution in [0.2, 0.25) is 0 Å². The molecule has 1 aliphatic heterocycles. The van der Waals surface area contributed by atoms with Crippen LogP contribution in [-0.4, -0.2) is 16.8 Å². The van der Waals surface area contributed by atoms with E-state index in [0.29, 0.717) is 15.7 Å². The highest BCUT2D eigenvalue weighted by Crippen LogP contribution is 2.39. The zero-order valence-corrected chi connectivity index (χ0v) is 12.9. The number of fused-ring (bicyclic) bond motifs is 1. The van der Waals surface area contributed by atoms with Crippen molar-refractivity contribution in [2.45, 2.75) is 12.0 Å². The van der Waals surface area contributed by atoms with Gasteiger partial charge in [-0.15, -0.1) is 0 Å². The van der Waals surface area contributed by atoms with Crippen molar-refractivity contribution < 1.29 is 19.1 Å². The lowest BCUT2D eigenvalue weighted by atomic mass is 9.88. The number of nitrogens with one attached hydrogen (secondary N) is 1. The second kappa shape index (κ2) is 5.30. The Morgan fingerprint density at radius 1 is 1.27 bits per heavy atom. The molecule has 0 fully saturated rings. The second-order valence-corrected chi connectivity index (χ2v) is 6.03. The topological polar surface area (TPSA) is 66.4 Å². The van der Waals surface area contributed by atoms with E-state index in [1.54, 1.807) is 24.3 Å². The van der Waals surface area contributed by atoms with E-state index in [4.69, 9.17) is 0 Å². The van der Waals surface area contributed by atoms with Gasteiger partial charge in [0.15, 0.2) is 11.4 Å². The molecular weight excluding hydrogens is 353 g/mol. The summed E-state index contributed by atoms with van der Waals surface area (Å²) in [7, 11) is 0.